The molecule has 0 aliphatic heterocycles. The van der Waals surface area contributed by atoms with E-state index in [0.29, 0.717) is 24.5 Å². The Labute approximate surface area is 164 Å². The minimum atomic E-state index is 0.0514. The average Bonchev–Trinajstić information content (AvgIpc) is 3.12. The molecule has 2 aromatic carbocycles. The second-order valence-electron chi connectivity index (χ2n) is 6.34. The fourth-order valence-electron chi connectivity index (χ4n) is 2.77. The molecule has 140 valence electrons. The summed E-state index contributed by atoms with van der Waals surface area (Å²) in [6.07, 6.45) is 1.39. The van der Waals surface area contributed by atoms with Crippen LogP contribution in [0.15, 0.2) is 65.1 Å². The van der Waals surface area contributed by atoms with Crippen LogP contribution in [-0.4, -0.2) is 5.91 Å². The van der Waals surface area contributed by atoms with Crippen LogP contribution >= 0.6 is 11.6 Å². The standard InChI is InChI=1S/C22H23ClN2O2/c1-2-5-22(26)25-17-10-8-16(9-11-17)14-24-15-18-12-13-21(27-18)19-6-3-4-7-20(19)23/h3-4,6-13,24H,2,5,14-15H2,1H3,(H,25,26). The van der Waals surface area contributed by atoms with Crippen molar-refractivity contribution >= 4 is 23.2 Å². The van der Waals surface area contributed by atoms with E-state index in [1.807, 2.05) is 67.6 Å². The van der Waals surface area contributed by atoms with E-state index in [0.717, 1.165) is 34.8 Å². The van der Waals surface area contributed by atoms with Crippen LogP contribution in [0.25, 0.3) is 11.3 Å². The third-order valence-electron chi connectivity index (χ3n) is 4.14. The molecule has 0 bridgehead atoms. The molecule has 5 heteroatoms. The molecular weight excluding hydrogens is 360 g/mol. The van der Waals surface area contributed by atoms with Crippen molar-refractivity contribution in [2.45, 2.75) is 32.9 Å². The van der Waals surface area contributed by atoms with Gasteiger partial charge in [-0.2, -0.15) is 0 Å². The van der Waals surface area contributed by atoms with Gasteiger partial charge in [0.05, 0.1) is 11.6 Å². The van der Waals surface area contributed by atoms with Crippen molar-refractivity contribution in [3.63, 3.8) is 0 Å². The highest BCUT2D eigenvalue weighted by molar-refractivity contribution is 6.33. The summed E-state index contributed by atoms with van der Waals surface area (Å²) in [6.45, 7) is 3.33. The van der Waals surface area contributed by atoms with Gasteiger partial charge < -0.3 is 15.1 Å². The fraction of sp³-hybridized carbons (Fsp3) is 0.227. The van der Waals surface area contributed by atoms with E-state index in [-0.39, 0.29) is 5.91 Å². The zero-order chi connectivity index (χ0) is 19.1. The number of rotatable bonds is 8. The number of benzene rings is 2. The molecule has 0 aliphatic rings. The Kier molecular flexibility index (Phi) is 6.69. The van der Waals surface area contributed by atoms with Crippen LogP contribution < -0.4 is 10.6 Å². The van der Waals surface area contributed by atoms with Crippen molar-refractivity contribution in [1.29, 1.82) is 0 Å². The quantitative estimate of drug-likeness (QED) is 0.531. The molecule has 2 N–H and O–H groups in total. The Morgan fingerprint density at radius 1 is 1.00 bits per heavy atom. The zero-order valence-corrected chi connectivity index (χ0v) is 16.1. The van der Waals surface area contributed by atoms with Crippen LogP contribution in [-0.2, 0) is 17.9 Å². The first kappa shape index (κ1) is 19.2. The number of furan rings is 1. The van der Waals surface area contributed by atoms with Crippen LogP contribution in [0.1, 0.15) is 31.1 Å². The highest BCUT2D eigenvalue weighted by Gasteiger charge is 2.08. The molecule has 0 aliphatic carbocycles. The van der Waals surface area contributed by atoms with Gasteiger partial charge >= 0.3 is 0 Å². The summed E-state index contributed by atoms with van der Waals surface area (Å²) in [6, 6.07) is 19.4. The van der Waals surface area contributed by atoms with E-state index in [1.54, 1.807) is 0 Å². The van der Waals surface area contributed by atoms with Gasteiger partial charge in [-0.25, -0.2) is 0 Å². The maximum absolute atomic E-state index is 11.6. The Morgan fingerprint density at radius 3 is 2.52 bits per heavy atom. The van der Waals surface area contributed by atoms with Crippen LogP contribution in [0, 0.1) is 0 Å². The number of carbonyl (C=O) groups excluding carboxylic acids is 1. The highest BCUT2D eigenvalue weighted by Crippen LogP contribution is 2.29. The summed E-state index contributed by atoms with van der Waals surface area (Å²) >= 11 is 6.21. The fourth-order valence-corrected chi connectivity index (χ4v) is 2.99. The van der Waals surface area contributed by atoms with E-state index in [9.17, 15) is 4.79 Å². The lowest BCUT2D eigenvalue weighted by Crippen LogP contribution is -2.13. The smallest absolute Gasteiger partial charge is 0.224 e. The maximum Gasteiger partial charge on any atom is 0.224 e. The average molecular weight is 383 g/mol. The molecule has 0 saturated carbocycles. The van der Waals surface area contributed by atoms with Crippen molar-refractivity contribution in [2.24, 2.45) is 0 Å². The Bertz CT molecular complexity index is 887. The molecule has 3 aromatic rings. The first-order valence-electron chi connectivity index (χ1n) is 9.09. The second-order valence-corrected chi connectivity index (χ2v) is 6.75. The molecule has 1 aromatic heterocycles. The SMILES string of the molecule is CCCC(=O)Nc1ccc(CNCc2ccc(-c3ccccc3Cl)o2)cc1. The predicted molar refractivity (Wildman–Crippen MR) is 110 cm³/mol. The second kappa shape index (κ2) is 9.40. The minimum Gasteiger partial charge on any atom is -0.460 e. The van der Waals surface area contributed by atoms with Crippen LogP contribution in [0.2, 0.25) is 5.02 Å². The number of anilines is 1. The third-order valence-corrected chi connectivity index (χ3v) is 4.47. The van der Waals surface area contributed by atoms with Gasteiger partial charge in [0.1, 0.15) is 11.5 Å². The van der Waals surface area contributed by atoms with E-state index >= 15 is 0 Å². The zero-order valence-electron chi connectivity index (χ0n) is 15.3. The van der Waals surface area contributed by atoms with E-state index in [1.165, 1.54) is 0 Å². The predicted octanol–water partition coefficient (Wildman–Crippen LogP) is 5.63. The lowest BCUT2D eigenvalue weighted by molar-refractivity contribution is -0.116. The van der Waals surface area contributed by atoms with E-state index in [4.69, 9.17) is 16.0 Å². The molecule has 1 amide bonds. The molecule has 0 unspecified atom stereocenters. The lowest BCUT2D eigenvalue weighted by Gasteiger charge is -2.07. The molecule has 3 rings (SSSR count). The Morgan fingerprint density at radius 2 is 1.78 bits per heavy atom. The van der Waals surface area contributed by atoms with Crippen molar-refractivity contribution in [3.05, 3.63) is 77.0 Å². The maximum atomic E-state index is 11.6. The summed E-state index contributed by atoms with van der Waals surface area (Å²) in [5.74, 6) is 1.67. The minimum absolute atomic E-state index is 0.0514. The third kappa shape index (κ3) is 5.46. The number of halogens is 1. The largest absolute Gasteiger partial charge is 0.460 e. The number of nitrogens with one attached hydrogen (secondary N) is 2. The molecule has 27 heavy (non-hydrogen) atoms. The van der Waals surface area contributed by atoms with Gasteiger partial charge in [0.2, 0.25) is 5.91 Å². The van der Waals surface area contributed by atoms with Gasteiger partial charge in [0.25, 0.3) is 0 Å². The summed E-state index contributed by atoms with van der Waals surface area (Å²) < 4.78 is 5.88. The van der Waals surface area contributed by atoms with Crippen molar-refractivity contribution in [3.8, 4) is 11.3 Å². The lowest BCUT2D eigenvalue weighted by atomic mass is 10.2. The number of amides is 1. The van der Waals surface area contributed by atoms with Gasteiger partial charge in [0.15, 0.2) is 0 Å². The van der Waals surface area contributed by atoms with Crippen LogP contribution in [0.4, 0.5) is 5.69 Å². The molecular formula is C22H23ClN2O2. The molecule has 0 radical (unpaired) electrons. The highest BCUT2D eigenvalue weighted by atomic mass is 35.5. The van der Waals surface area contributed by atoms with E-state index < -0.39 is 0 Å². The van der Waals surface area contributed by atoms with Gasteiger partial charge in [-0.3, -0.25) is 4.79 Å². The van der Waals surface area contributed by atoms with Crippen molar-refractivity contribution in [1.82, 2.24) is 5.32 Å². The molecule has 0 atom stereocenters. The molecule has 0 fully saturated rings. The van der Waals surface area contributed by atoms with Crippen molar-refractivity contribution < 1.29 is 9.21 Å². The van der Waals surface area contributed by atoms with Gasteiger partial charge in [-0.15, -0.1) is 0 Å². The summed E-state index contributed by atoms with van der Waals surface area (Å²) in [5.41, 5.74) is 2.86. The Hall–Kier alpha value is -2.56. The van der Waals surface area contributed by atoms with E-state index in [2.05, 4.69) is 10.6 Å². The van der Waals surface area contributed by atoms with Gasteiger partial charge in [0, 0.05) is 24.2 Å². The monoisotopic (exact) mass is 382 g/mol. The first-order valence-corrected chi connectivity index (χ1v) is 9.46. The molecule has 1 heterocycles. The first-order chi connectivity index (χ1) is 13.2. The summed E-state index contributed by atoms with van der Waals surface area (Å²) in [5, 5.41) is 6.93. The summed E-state index contributed by atoms with van der Waals surface area (Å²) in [7, 11) is 0. The molecule has 4 nitrogen and oxygen atoms in total. The molecule has 0 spiro atoms. The normalized spacial score (nSPS) is 10.7. The molecule has 0 saturated heterocycles. The Balaban J connectivity index is 1.50. The van der Waals surface area contributed by atoms with Gasteiger partial charge in [-0.05, 0) is 48.4 Å². The van der Waals surface area contributed by atoms with Crippen LogP contribution in [0.3, 0.4) is 0 Å². The summed E-state index contributed by atoms with van der Waals surface area (Å²) in [4.78, 5) is 11.6. The van der Waals surface area contributed by atoms with Crippen molar-refractivity contribution in [2.75, 3.05) is 5.32 Å². The van der Waals surface area contributed by atoms with Gasteiger partial charge in [-0.1, -0.05) is 42.8 Å². The van der Waals surface area contributed by atoms with Crippen LogP contribution in [0.5, 0.6) is 0 Å². The topological polar surface area (TPSA) is 54.3 Å². The number of hydrogen-bond acceptors (Lipinski definition) is 3. The number of carbonyl (C=O) groups is 1. The number of hydrogen-bond donors (Lipinski definition) is 2.